The number of benzene rings is 1. The Morgan fingerprint density at radius 3 is 2.71 bits per heavy atom. The number of hydrogen-bond acceptors (Lipinski definition) is 4. The van der Waals surface area contributed by atoms with Gasteiger partial charge in [-0.05, 0) is 40.9 Å². The molecule has 11 heteroatoms. The first-order valence-electron chi connectivity index (χ1n) is 6.33. The third-order valence-electron chi connectivity index (χ3n) is 3.02. The fourth-order valence-electron chi connectivity index (χ4n) is 1.97. The van der Waals surface area contributed by atoms with E-state index in [1.54, 1.807) is 0 Å². The molecule has 1 heterocycles. The van der Waals surface area contributed by atoms with Crippen LogP contribution in [0.2, 0.25) is 0 Å². The number of ether oxygens (including phenoxy) is 1. The summed E-state index contributed by atoms with van der Waals surface area (Å²) in [6, 6.07) is 4.86. The molecule has 0 spiro atoms. The fraction of sp³-hybridized carbons (Fsp3) is 0.231. The lowest BCUT2D eigenvalue weighted by Crippen LogP contribution is -2.10. The first-order valence-corrected chi connectivity index (χ1v) is 6.71. The molecule has 0 N–H and O–H groups in total. The Kier molecular flexibility index (Phi) is 5.01. The predicted octanol–water partition coefficient (Wildman–Crippen LogP) is 4.09. The summed E-state index contributed by atoms with van der Waals surface area (Å²) in [4.78, 5) is 14.1. The Bertz CT molecular complexity index is 828. The van der Waals surface area contributed by atoms with E-state index >= 15 is 0 Å². The normalized spacial score (nSPS) is 11.0. The molecule has 7 nitrogen and oxygen atoms in total. The molecule has 0 aliphatic heterocycles. The number of halogens is 4. The van der Waals surface area contributed by atoms with Crippen LogP contribution >= 0.6 is 11.6 Å². The molecule has 1 aromatic heterocycles. The van der Waals surface area contributed by atoms with Gasteiger partial charge in [0.05, 0.1) is 19.3 Å². The van der Waals surface area contributed by atoms with Crippen molar-refractivity contribution in [2.24, 2.45) is 5.11 Å². The first kappa shape index (κ1) is 17.6. The van der Waals surface area contributed by atoms with Crippen LogP contribution in [0.25, 0.3) is 16.1 Å². The van der Waals surface area contributed by atoms with E-state index in [1.807, 2.05) is 0 Å². The number of nitrogens with zero attached hydrogens (tertiary/aromatic N) is 5. The maximum absolute atomic E-state index is 12.9. The highest BCUT2D eigenvalue weighted by atomic mass is 35.5. The predicted molar refractivity (Wildman–Crippen MR) is 78.2 cm³/mol. The standard InChI is InChI=1S/C13H9ClF3N5O2/c1-24-8-2-3-9(7(4-8)6-19-21-18)22-10(12(14)23)5-11(20-22)13(15,16)17/h2-5H,6H2,1H3. The number of alkyl halides is 3. The Hall–Kier alpha value is -2.71. The number of aromatic nitrogens is 2. The second kappa shape index (κ2) is 6.81. The Labute approximate surface area is 138 Å². The second-order valence-electron chi connectivity index (χ2n) is 4.48. The minimum absolute atomic E-state index is 0.114. The van der Waals surface area contributed by atoms with Gasteiger partial charge in [0.15, 0.2) is 5.69 Å². The van der Waals surface area contributed by atoms with Gasteiger partial charge in [0.2, 0.25) is 0 Å². The van der Waals surface area contributed by atoms with E-state index in [1.165, 1.54) is 25.3 Å². The summed E-state index contributed by atoms with van der Waals surface area (Å²) in [5.41, 5.74) is 7.14. The monoisotopic (exact) mass is 359 g/mol. The number of azide groups is 1. The van der Waals surface area contributed by atoms with E-state index in [-0.39, 0.29) is 12.2 Å². The fourth-order valence-corrected chi connectivity index (χ4v) is 2.11. The van der Waals surface area contributed by atoms with Crippen LogP contribution in [0.4, 0.5) is 13.2 Å². The van der Waals surface area contributed by atoms with Crippen molar-refractivity contribution in [2.75, 3.05) is 7.11 Å². The molecule has 1 aromatic carbocycles. The molecule has 2 rings (SSSR count). The van der Waals surface area contributed by atoms with E-state index < -0.39 is 22.8 Å². The van der Waals surface area contributed by atoms with E-state index in [2.05, 4.69) is 15.1 Å². The number of carbonyl (C=O) groups is 1. The van der Waals surface area contributed by atoms with Crippen LogP contribution in [0.3, 0.4) is 0 Å². The van der Waals surface area contributed by atoms with Crippen molar-refractivity contribution in [3.8, 4) is 11.4 Å². The lowest BCUT2D eigenvalue weighted by molar-refractivity contribution is -0.141. The van der Waals surface area contributed by atoms with Gasteiger partial charge in [-0.1, -0.05) is 5.11 Å². The molecule has 2 aromatic rings. The summed E-state index contributed by atoms with van der Waals surface area (Å²) in [7, 11) is 1.40. The van der Waals surface area contributed by atoms with Gasteiger partial charge >= 0.3 is 6.18 Å². The van der Waals surface area contributed by atoms with Crippen LogP contribution in [0, 0.1) is 0 Å². The minimum Gasteiger partial charge on any atom is -0.497 e. The summed E-state index contributed by atoms with van der Waals surface area (Å²) in [5, 5.41) is 5.68. The molecular weight excluding hydrogens is 351 g/mol. The van der Waals surface area contributed by atoms with Gasteiger partial charge in [-0.2, -0.15) is 18.3 Å². The molecule has 126 valence electrons. The first-order chi connectivity index (χ1) is 11.3. The summed E-state index contributed by atoms with van der Waals surface area (Å²) < 4.78 is 44.4. The summed E-state index contributed by atoms with van der Waals surface area (Å²) in [6.45, 7) is -0.180. The van der Waals surface area contributed by atoms with Crippen molar-refractivity contribution in [3.05, 3.63) is 51.7 Å². The quantitative estimate of drug-likeness (QED) is 0.348. The second-order valence-corrected chi connectivity index (χ2v) is 4.82. The molecule has 0 amide bonds. The van der Waals surface area contributed by atoms with Crippen molar-refractivity contribution in [1.29, 1.82) is 0 Å². The Morgan fingerprint density at radius 1 is 1.46 bits per heavy atom. The third kappa shape index (κ3) is 3.61. The molecule has 0 fully saturated rings. The van der Waals surface area contributed by atoms with Gasteiger partial charge in [-0.3, -0.25) is 4.79 Å². The average Bonchev–Trinajstić information content (AvgIpc) is 2.98. The van der Waals surface area contributed by atoms with Crippen LogP contribution in [0.5, 0.6) is 5.75 Å². The van der Waals surface area contributed by atoms with Crippen molar-refractivity contribution in [2.45, 2.75) is 12.7 Å². The van der Waals surface area contributed by atoms with Gasteiger partial charge in [0.1, 0.15) is 11.4 Å². The molecule has 0 unspecified atom stereocenters. The van der Waals surface area contributed by atoms with E-state index in [9.17, 15) is 18.0 Å². The summed E-state index contributed by atoms with van der Waals surface area (Å²) in [6.07, 6.45) is -4.75. The SMILES string of the molecule is COc1ccc(-n2nc(C(F)(F)F)cc2C(=O)Cl)c(CN=[N+]=[N-])c1. The van der Waals surface area contributed by atoms with Crippen LogP contribution in [0.15, 0.2) is 29.4 Å². The maximum Gasteiger partial charge on any atom is 0.435 e. The third-order valence-corrected chi connectivity index (χ3v) is 3.21. The van der Waals surface area contributed by atoms with Crippen molar-refractivity contribution in [3.63, 3.8) is 0 Å². The zero-order chi connectivity index (χ0) is 17.9. The number of methoxy groups -OCH3 is 1. The number of rotatable bonds is 5. The zero-order valence-electron chi connectivity index (χ0n) is 12.1. The number of carbonyl (C=O) groups excluding carboxylic acids is 1. The topological polar surface area (TPSA) is 92.9 Å². The molecule has 0 bridgehead atoms. The van der Waals surface area contributed by atoms with Gasteiger partial charge in [0.25, 0.3) is 5.24 Å². The lowest BCUT2D eigenvalue weighted by Gasteiger charge is -2.11. The highest BCUT2D eigenvalue weighted by molar-refractivity contribution is 6.67. The summed E-state index contributed by atoms with van der Waals surface area (Å²) >= 11 is 5.36. The Morgan fingerprint density at radius 2 is 2.17 bits per heavy atom. The summed E-state index contributed by atoms with van der Waals surface area (Å²) in [5.74, 6) is 0.392. The molecule has 0 aliphatic rings. The van der Waals surface area contributed by atoms with Crippen LogP contribution in [-0.4, -0.2) is 22.1 Å². The number of hydrogen-bond donors (Lipinski definition) is 0. The average molecular weight is 360 g/mol. The van der Waals surface area contributed by atoms with Gasteiger partial charge in [0, 0.05) is 11.0 Å². The molecular formula is C13H9ClF3N5O2. The molecule has 0 saturated carbocycles. The zero-order valence-corrected chi connectivity index (χ0v) is 12.8. The van der Waals surface area contributed by atoms with Crippen molar-refractivity contribution in [1.82, 2.24) is 9.78 Å². The molecule has 0 saturated heterocycles. The van der Waals surface area contributed by atoms with Crippen LogP contribution < -0.4 is 4.74 Å². The van der Waals surface area contributed by atoms with Crippen LogP contribution in [0.1, 0.15) is 21.7 Å². The highest BCUT2D eigenvalue weighted by Gasteiger charge is 2.36. The van der Waals surface area contributed by atoms with E-state index in [0.29, 0.717) is 17.4 Å². The molecule has 0 radical (unpaired) electrons. The van der Waals surface area contributed by atoms with Crippen molar-refractivity contribution < 1.29 is 22.7 Å². The van der Waals surface area contributed by atoms with Gasteiger partial charge in [-0.15, -0.1) is 0 Å². The lowest BCUT2D eigenvalue weighted by atomic mass is 10.1. The molecule has 0 atom stereocenters. The maximum atomic E-state index is 12.9. The van der Waals surface area contributed by atoms with Crippen molar-refractivity contribution >= 4 is 16.8 Å². The van der Waals surface area contributed by atoms with E-state index in [0.717, 1.165) is 4.68 Å². The smallest absolute Gasteiger partial charge is 0.435 e. The molecule has 24 heavy (non-hydrogen) atoms. The van der Waals surface area contributed by atoms with Crippen LogP contribution in [-0.2, 0) is 12.7 Å². The van der Waals surface area contributed by atoms with Gasteiger partial charge < -0.3 is 4.74 Å². The largest absolute Gasteiger partial charge is 0.497 e. The highest BCUT2D eigenvalue weighted by Crippen LogP contribution is 2.31. The molecule has 0 aliphatic carbocycles. The van der Waals surface area contributed by atoms with Gasteiger partial charge in [-0.25, -0.2) is 4.68 Å². The Balaban J connectivity index is 2.68. The minimum atomic E-state index is -4.75. The van der Waals surface area contributed by atoms with E-state index in [4.69, 9.17) is 21.9 Å².